The minimum absolute atomic E-state index is 0.341. The Balaban J connectivity index is 1.95. The number of nitrogens with zero attached hydrogens (tertiary/aromatic N) is 1. The van der Waals surface area contributed by atoms with Crippen LogP contribution in [0.15, 0.2) is 0 Å². The topological polar surface area (TPSA) is 52.6 Å². The predicted molar refractivity (Wildman–Crippen MR) is 76.2 cm³/mol. The van der Waals surface area contributed by atoms with Gasteiger partial charge in [0.25, 0.3) is 0 Å². The van der Waals surface area contributed by atoms with Gasteiger partial charge < -0.3 is 10.4 Å². The zero-order valence-corrected chi connectivity index (χ0v) is 12.5. The summed E-state index contributed by atoms with van der Waals surface area (Å²) in [7, 11) is 0. The second-order valence-electron chi connectivity index (χ2n) is 6.59. The van der Waals surface area contributed by atoms with Crippen LogP contribution >= 0.6 is 0 Å². The summed E-state index contributed by atoms with van der Waals surface area (Å²) in [6.07, 6.45) is 5.99. The third kappa shape index (κ3) is 3.93. The van der Waals surface area contributed by atoms with Gasteiger partial charge in [0.05, 0.1) is 0 Å². The molecule has 0 bridgehead atoms. The highest BCUT2D eigenvalue weighted by atomic mass is 16.4. The van der Waals surface area contributed by atoms with Gasteiger partial charge in [-0.05, 0) is 58.4 Å². The Labute approximate surface area is 116 Å². The first-order valence-corrected chi connectivity index (χ1v) is 7.70. The predicted octanol–water partition coefficient (Wildman–Crippen LogP) is 2.09. The van der Waals surface area contributed by atoms with Crippen molar-refractivity contribution in [1.82, 2.24) is 10.2 Å². The average molecular weight is 268 g/mol. The van der Waals surface area contributed by atoms with Crippen LogP contribution in [0.5, 0.6) is 0 Å². The average Bonchev–Trinajstić information content (AvgIpc) is 3.19. The standard InChI is InChI=1S/C15H28N2O2/c1-4-16-15(3,14(18)19)9-11(2)17(13-7-8-13)10-12-5-6-12/h11-13,16H,4-10H2,1-3H3,(H,18,19). The molecule has 0 aromatic carbocycles. The van der Waals surface area contributed by atoms with Gasteiger partial charge in [0.1, 0.15) is 5.54 Å². The van der Waals surface area contributed by atoms with Gasteiger partial charge in [-0.3, -0.25) is 9.69 Å². The first-order valence-electron chi connectivity index (χ1n) is 7.70. The summed E-state index contributed by atoms with van der Waals surface area (Å²) in [4.78, 5) is 14.1. The fourth-order valence-corrected chi connectivity index (χ4v) is 3.03. The Bertz CT molecular complexity index is 326. The Morgan fingerprint density at radius 2 is 2.05 bits per heavy atom. The van der Waals surface area contributed by atoms with E-state index in [9.17, 15) is 9.90 Å². The molecule has 0 radical (unpaired) electrons. The zero-order chi connectivity index (χ0) is 14.0. The summed E-state index contributed by atoms with van der Waals surface area (Å²) in [5, 5.41) is 12.6. The first-order chi connectivity index (χ1) is 8.96. The molecule has 2 fully saturated rings. The van der Waals surface area contributed by atoms with Crippen molar-refractivity contribution in [2.75, 3.05) is 13.1 Å². The quantitative estimate of drug-likeness (QED) is 0.672. The SMILES string of the molecule is CCNC(C)(CC(C)N(CC1CC1)C1CC1)C(=O)O. The van der Waals surface area contributed by atoms with Gasteiger partial charge in [0.2, 0.25) is 0 Å². The second-order valence-corrected chi connectivity index (χ2v) is 6.59. The van der Waals surface area contributed by atoms with Crippen molar-refractivity contribution >= 4 is 5.97 Å². The highest BCUT2D eigenvalue weighted by Crippen LogP contribution is 2.37. The van der Waals surface area contributed by atoms with Crippen LogP contribution in [0.25, 0.3) is 0 Å². The Hall–Kier alpha value is -0.610. The molecule has 2 unspecified atom stereocenters. The van der Waals surface area contributed by atoms with Crippen LogP contribution < -0.4 is 5.32 Å². The maximum atomic E-state index is 11.5. The number of carbonyl (C=O) groups is 1. The van der Waals surface area contributed by atoms with Crippen LogP contribution in [0, 0.1) is 5.92 Å². The van der Waals surface area contributed by atoms with E-state index in [1.165, 1.54) is 32.2 Å². The number of hydrogen-bond donors (Lipinski definition) is 2. The van der Waals surface area contributed by atoms with Crippen molar-refractivity contribution in [3.8, 4) is 0 Å². The van der Waals surface area contributed by atoms with Crippen molar-refractivity contribution in [2.45, 2.75) is 70.5 Å². The fourth-order valence-electron chi connectivity index (χ4n) is 3.03. The van der Waals surface area contributed by atoms with E-state index in [0.717, 1.165) is 12.0 Å². The molecule has 110 valence electrons. The molecule has 0 amide bonds. The maximum absolute atomic E-state index is 11.5. The summed E-state index contributed by atoms with van der Waals surface area (Å²) in [5.41, 5.74) is -0.801. The number of carboxylic acids is 1. The Kier molecular flexibility index (Phi) is 4.51. The lowest BCUT2D eigenvalue weighted by molar-refractivity contribution is -0.145. The van der Waals surface area contributed by atoms with Crippen LogP contribution in [-0.4, -0.2) is 46.7 Å². The molecule has 0 saturated heterocycles. The summed E-state index contributed by atoms with van der Waals surface area (Å²) in [5.74, 6) is 0.140. The molecule has 0 aromatic rings. The fraction of sp³-hybridized carbons (Fsp3) is 0.933. The zero-order valence-electron chi connectivity index (χ0n) is 12.5. The van der Waals surface area contributed by atoms with E-state index < -0.39 is 11.5 Å². The van der Waals surface area contributed by atoms with Crippen molar-refractivity contribution in [1.29, 1.82) is 0 Å². The van der Waals surface area contributed by atoms with Crippen LogP contribution in [0.2, 0.25) is 0 Å². The van der Waals surface area contributed by atoms with Crippen LogP contribution in [0.1, 0.15) is 52.9 Å². The number of carboxylic acid groups (broad SMARTS) is 1. The lowest BCUT2D eigenvalue weighted by Gasteiger charge is -2.35. The van der Waals surface area contributed by atoms with Gasteiger partial charge in [0.15, 0.2) is 0 Å². The molecule has 2 aliphatic carbocycles. The number of likely N-dealkylation sites (N-methyl/N-ethyl adjacent to an activating group) is 1. The minimum atomic E-state index is -0.801. The van der Waals surface area contributed by atoms with E-state index in [1.54, 1.807) is 0 Å². The third-order valence-corrected chi connectivity index (χ3v) is 4.49. The number of rotatable bonds is 9. The number of hydrogen-bond acceptors (Lipinski definition) is 3. The van der Waals surface area contributed by atoms with Gasteiger partial charge in [0, 0.05) is 18.6 Å². The van der Waals surface area contributed by atoms with Gasteiger partial charge >= 0.3 is 5.97 Å². The molecular formula is C15H28N2O2. The van der Waals surface area contributed by atoms with Crippen molar-refractivity contribution in [2.24, 2.45) is 5.92 Å². The molecule has 2 atom stereocenters. The van der Waals surface area contributed by atoms with E-state index in [4.69, 9.17) is 0 Å². The number of nitrogens with one attached hydrogen (secondary N) is 1. The monoisotopic (exact) mass is 268 g/mol. The summed E-state index contributed by atoms with van der Waals surface area (Å²) in [6, 6.07) is 1.06. The third-order valence-electron chi connectivity index (χ3n) is 4.49. The van der Waals surface area contributed by atoms with Crippen molar-refractivity contribution in [3.05, 3.63) is 0 Å². The van der Waals surface area contributed by atoms with E-state index in [-0.39, 0.29) is 0 Å². The van der Waals surface area contributed by atoms with Gasteiger partial charge in [-0.25, -0.2) is 0 Å². The molecule has 0 aromatic heterocycles. The highest BCUT2D eigenvalue weighted by molar-refractivity contribution is 5.78. The van der Waals surface area contributed by atoms with Crippen molar-refractivity contribution in [3.63, 3.8) is 0 Å². The molecule has 0 aliphatic heterocycles. The van der Waals surface area contributed by atoms with Crippen LogP contribution in [0.3, 0.4) is 0 Å². The van der Waals surface area contributed by atoms with Crippen molar-refractivity contribution < 1.29 is 9.90 Å². The normalized spacial score (nSPS) is 24.2. The van der Waals surface area contributed by atoms with E-state index >= 15 is 0 Å². The summed E-state index contributed by atoms with van der Waals surface area (Å²) < 4.78 is 0. The van der Waals surface area contributed by atoms with E-state index in [0.29, 0.717) is 19.0 Å². The molecule has 2 aliphatic rings. The molecule has 2 saturated carbocycles. The van der Waals surface area contributed by atoms with E-state index in [2.05, 4.69) is 17.1 Å². The minimum Gasteiger partial charge on any atom is -0.480 e. The smallest absolute Gasteiger partial charge is 0.323 e. The second kappa shape index (κ2) is 5.80. The number of aliphatic carboxylic acids is 1. The molecule has 0 heterocycles. The molecule has 2 rings (SSSR count). The van der Waals surface area contributed by atoms with E-state index in [1.807, 2.05) is 13.8 Å². The summed E-state index contributed by atoms with van der Waals surface area (Å²) >= 11 is 0. The molecule has 4 nitrogen and oxygen atoms in total. The molecular weight excluding hydrogens is 240 g/mol. The molecule has 0 spiro atoms. The molecule has 2 N–H and O–H groups in total. The highest BCUT2D eigenvalue weighted by Gasteiger charge is 2.40. The molecule has 19 heavy (non-hydrogen) atoms. The van der Waals surface area contributed by atoms with Gasteiger partial charge in [-0.1, -0.05) is 6.92 Å². The van der Waals surface area contributed by atoms with Gasteiger partial charge in [-0.2, -0.15) is 0 Å². The van der Waals surface area contributed by atoms with Crippen LogP contribution in [-0.2, 0) is 4.79 Å². The molecule has 4 heteroatoms. The lowest BCUT2D eigenvalue weighted by atomic mass is 9.92. The Morgan fingerprint density at radius 3 is 2.47 bits per heavy atom. The van der Waals surface area contributed by atoms with Crippen LogP contribution in [0.4, 0.5) is 0 Å². The lowest BCUT2D eigenvalue weighted by Crippen LogP contribution is -2.54. The Morgan fingerprint density at radius 1 is 1.42 bits per heavy atom. The summed E-state index contributed by atoms with van der Waals surface area (Å²) in [6.45, 7) is 7.85. The largest absolute Gasteiger partial charge is 0.480 e. The maximum Gasteiger partial charge on any atom is 0.323 e. The first kappa shape index (κ1) is 14.8. The van der Waals surface area contributed by atoms with Gasteiger partial charge in [-0.15, -0.1) is 0 Å².